The lowest BCUT2D eigenvalue weighted by Crippen LogP contribution is -2.28. The van der Waals surface area contributed by atoms with Gasteiger partial charge in [0.25, 0.3) is 0 Å². The third-order valence-corrected chi connectivity index (χ3v) is 4.20. The third-order valence-electron chi connectivity index (χ3n) is 4.20. The van der Waals surface area contributed by atoms with Crippen LogP contribution in [-0.2, 0) is 11.0 Å². The molecule has 3 nitrogen and oxygen atoms in total. The van der Waals surface area contributed by atoms with Gasteiger partial charge in [-0.2, -0.15) is 13.2 Å². The van der Waals surface area contributed by atoms with E-state index in [2.05, 4.69) is 4.98 Å². The fourth-order valence-electron chi connectivity index (χ4n) is 3.26. The second-order valence-corrected chi connectivity index (χ2v) is 5.60. The molecular weight excluding hydrogens is 269 g/mol. The van der Waals surface area contributed by atoms with Crippen LogP contribution in [0.1, 0.15) is 30.5 Å². The Hall–Kier alpha value is -1.59. The van der Waals surface area contributed by atoms with Gasteiger partial charge in [-0.3, -0.25) is 9.69 Å². The van der Waals surface area contributed by atoms with E-state index in [1.165, 1.54) is 11.8 Å². The van der Waals surface area contributed by atoms with Crippen molar-refractivity contribution >= 4 is 11.7 Å². The molecule has 3 rings (SSSR count). The highest BCUT2D eigenvalue weighted by Gasteiger charge is 2.44. The first-order chi connectivity index (χ1) is 9.36. The molecule has 2 unspecified atom stereocenters. The van der Waals surface area contributed by atoms with Crippen LogP contribution in [0.2, 0.25) is 0 Å². The largest absolute Gasteiger partial charge is 0.416 e. The first-order valence-corrected chi connectivity index (χ1v) is 6.73. The minimum atomic E-state index is -4.42. The predicted octanol–water partition coefficient (Wildman–Crippen LogP) is 3.17. The molecule has 0 radical (unpaired) electrons. The van der Waals surface area contributed by atoms with Crippen LogP contribution in [-0.4, -0.2) is 17.4 Å². The van der Waals surface area contributed by atoms with Crippen molar-refractivity contribution in [1.29, 1.82) is 0 Å². The van der Waals surface area contributed by atoms with E-state index in [4.69, 9.17) is 0 Å². The number of hydrogen-bond acceptors (Lipinski definition) is 2. The molecule has 0 N–H and O–H groups in total. The first kappa shape index (κ1) is 13.4. The highest BCUT2D eigenvalue weighted by atomic mass is 19.4. The maximum Gasteiger partial charge on any atom is 0.416 e. The zero-order chi connectivity index (χ0) is 14.5. The Labute approximate surface area is 114 Å². The van der Waals surface area contributed by atoms with Gasteiger partial charge >= 0.3 is 6.18 Å². The molecular formula is C14H15F3N2O. The number of aromatic nitrogens is 1. The van der Waals surface area contributed by atoms with Gasteiger partial charge in [0.15, 0.2) is 0 Å². The zero-order valence-corrected chi connectivity index (χ0v) is 11.1. The predicted molar refractivity (Wildman–Crippen MR) is 67.2 cm³/mol. The Balaban J connectivity index is 1.95. The summed E-state index contributed by atoms with van der Waals surface area (Å²) in [6, 6.07) is 1.98. The average Bonchev–Trinajstić information content (AvgIpc) is 2.91. The van der Waals surface area contributed by atoms with E-state index in [9.17, 15) is 18.0 Å². The van der Waals surface area contributed by atoms with E-state index in [1.807, 2.05) is 0 Å². The molecule has 1 amide bonds. The maximum absolute atomic E-state index is 12.8. The minimum absolute atomic E-state index is 0.0216. The number of pyridine rings is 1. The Morgan fingerprint density at radius 3 is 2.70 bits per heavy atom. The van der Waals surface area contributed by atoms with Gasteiger partial charge in [0.05, 0.1) is 5.56 Å². The van der Waals surface area contributed by atoms with Crippen LogP contribution in [0.4, 0.5) is 19.0 Å². The molecule has 1 aliphatic heterocycles. The van der Waals surface area contributed by atoms with Crippen molar-refractivity contribution < 1.29 is 18.0 Å². The van der Waals surface area contributed by atoms with E-state index in [0.29, 0.717) is 6.54 Å². The van der Waals surface area contributed by atoms with Crippen LogP contribution >= 0.6 is 0 Å². The van der Waals surface area contributed by atoms with Gasteiger partial charge in [-0.1, -0.05) is 6.42 Å². The molecule has 2 atom stereocenters. The van der Waals surface area contributed by atoms with Crippen molar-refractivity contribution in [2.45, 2.75) is 32.4 Å². The number of aryl methyl sites for hydroxylation is 1. The van der Waals surface area contributed by atoms with Crippen LogP contribution < -0.4 is 4.90 Å². The molecule has 1 aliphatic carbocycles. The Morgan fingerprint density at radius 1 is 1.30 bits per heavy atom. The molecule has 0 aromatic carbocycles. The average molecular weight is 284 g/mol. The number of alkyl halides is 3. The van der Waals surface area contributed by atoms with Crippen molar-refractivity contribution in [2.24, 2.45) is 11.8 Å². The Kier molecular flexibility index (Phi) is 2.99. The standard InChI is InChI=1S/C14H15F3N2O/c1-8-5-10(14(15,16)17)6-12(18-8)19-7-9-3-2-4-11(9)13(19)20/h5-6,9,11H,2-4,7H2,1H3. The summed E-state index contributed by atoms with van der Waals surface area (Å²) in [7, 11) is 0. The van der Waals surface area contributed by atoms with Gasteiger partial charge in [0.2, 0.25) is 5.91 Å². The van der Waals surface area contributed by atoms with Crippen LogP contribution in [0.15, 0.2) is 12.1 Å². The van der Waals surface area contributed by atoms with Gasteiger partial charge in [-0.15, -0.1) is 0 Å². The number of carbonyl (C=O) groups excluding carboxylic acids is 1. The summed E-state index contributed by atoms with van der Waals surface area (Å²) in [5.41, 5.74) is -0.468. The summed E-state index contributed by atoms with van der Waals surface area (Å²) in [6.07, 6.45) is -1.56. The summed E-state index contributed by atoms with van der Waals surface area (Å²) in [6.45, 7) is 2.01. The number of nitrogens with zero attached hydrogens (tertiary/aromatic N) is 2. The van der Waals surface area contributed by atoms with Gasteiger partial charge in [-0.25, -0.2) is 4.98 Å². The summed E-state index contributed by atoms with van der Waals surface area (Å²) in [5, 5.41) is 0. The molecule has 1 saturated heterocycles. The smallest absolute Gasteiger partial charge is 0.296 e. The summed E-state index contributed by atoms with van der Waals surface area (Å²) >= 11 is 0. The number of halogens is 3. The molecule has 6 heteroatoms. The maximum atomic E-state index is 12.8. The summed E-state index contributed by atoms with van der Waals surface area (Å²) in [5.74, 6) is 0.321. The van der Waals surface area contributed by atoms with E-state index in [1.54, 1.807) is 0 Å². The van der Waals surface area contributed by atoms with Crippen molar-refractivity contribution in [2.75, 3.05) is 11.4 Å². The van der Waals surface area contributed by atoms with E-state index < -0.39 is 11.7 Å². The summed E-state index contributed by atoms with van der Waals surface area (Å²) in [4.78, 5) is 17.8. The van der Waals surface area contributed by atoms with Gasteiger partial charge < -0.3 is 0 Å². The lowest BCUT2D eigenvalue weighted by Gasteiger charge is -2.18. The molecule has 0 bridgehead atoms. The van der Waals surface area contributed by atoms with Gasteiger partial charge in [-0.05, 0) is 37.8 Å². The first-order valence-electron chi connectivity index (χ1n) is 6.73. The topological polar surface area (TPSA) is 33.2 Å². The number of carbonyl (C=O) groups is 1. The number of fused-ring (bicyclic) bond motifs is 1. The monoisotopic (exact) mass is 284 g/mol. The highest BCUT2D eigenvalue weighted by Crippen LogP contribution is 2.41. The number of amides is 1. The van der Waals surface area contributed by atoms with Crippen molar-refractivity contribution in [1.82, 2.24) is 4.98 Å². The van der Waals surface area contributed by atoms with Crippen LogP contribution in [0, 0.1) is 18.8 Å². The molecule has 2 fully saturated rings. The van der Waals surface area contributed by atoms with Gasteiger partial charge in [0.1, 0.15) is 5.82 Å². The molecule has 1 aromatic heterocycles. The molecule has 1 aromatic rings. The summed E-state index contributed by atoms with van der Waals surface area (Å²) < 4.78 is 38.5. The van der Waals surface area contributed by atoms with Gasteiger partial charge in [0, 0.05) is 18.2 Å². The van der Waals surface area contributed by atoms with E-state index in [-0.39, 0.29) is 29.3 Å². The molecule has 108 valence electrons. The second-order valence-electron chi connectivity index (χ2n) is 5.60. The van der Waals surface area contributed by atoms with Crippen molar-refractivity contribution in [3.05, 3.63) is 23.4 Å². The Morgan fingerprint density at radius 2 is 2.05 bits per heavy atom. The van der Waals surface area contributed by atoms with Crippen LogP contribution in [0.25, 0.3) is 0 Å². The highest BCUT2D eigenvalue weighted by molar-refractivity contribution is 5.97. The lowest BCUT2D eigenvalue weighted by atomic mass is 10.0. The quantitative estimate of drug-likeness (QED) is 0.793. The van der Waals surface area contributed by atoms with Crippen molar-refractivity contribution in [3.63, 3.8) is 0 Å². The minimum Gasteiger partial charge on any atom is -0.296 e. The zero-order valence-electron chi connectivity index (χ0n) is 11.1. The molecule has 2 aliphatic rings. The number of hydrogen-bond donors (Lipinski definition) is 0. The van der Waals surface area contributed by atoms with E-state index in [0.717, 1.165) is 31.4 Å². The number of anilines is 1. The Bertz CT molecular complexity index is 556. The molecule has 20 heavy (non-hydrogen) atoms. The normalized spacial score (nSPS) is 26.2. The second kappa shape index (κ2) is 4.46. The fraction of sp³-hybridized carbons (Fsp3) is 0.571. The van der Waals surface area contributed by atoms with Crippen LogP contribution in [0.5, 0.6) is 0 Å². The fourth-order valence-corrected chi connectivity index (χ4v) is 3.26. The molecule has 0 spiro atoms. The third kappa shape index (κ3) is 2.17. The number of rotatable bonds is 1. The van der Waals surface area contributed by atoms with Crippen LogP contribution in [0.3, 0.4) is 0 Å². The SMILES string of the molecule is Cc1cc(C(F)(F)F)cc(N2CC3CCCC3C2=O)n1. The van der Waals surface area contributed by atoms with E-state index >= 15 is 0 Å². The molecule has 1 saturated carbocycles. The lowest BCUT2D eigenvalue weighted by molar-refractivity contribution is -0.137. The van der Waals surface area contributed by atoms with Crippen molar-refractivity contribution in [3.8, 4) is 0 Å². The molecule has 2 heterocycles.